The van der Waals surface area contributed by atoms with Gasteiger partial charge in [0.25, 0.3) is 0 Å². The number of fused-ring (bicyclic) bond motifs is 3. The number of phenols is 1. The van der Waals surface area contributed by atoms with Gasteiger partial charge >= 0.3 is 7.12 Å². The minimum Gasteiger partial charge on any atom is -0.508 e. The molecule has 4 aliphatic rings. The molecule has 6 rings (SSSR count). The molecule has 8 nitrogen and oxygen atoms in total. The maximum absolute atomic E-state index is 14.1. The fraction of sp³-hybridized carbons (Fsp3) is 0.486. The van der Waals surface area contributed by atoms with Gasteiger partial charge in [0.15, 0.2) is 0 Å². The smallest absolute Gasteiger partial charge is 0.455 e. The van der Waals surface area contributed by atoms with Crippen LogP contribution in [0.4, 0.5) is 0 Å². The zero-order valence-electron chi connectivity index (χ0n) is 25.7. The minimum atomic E-state index is -0.990. The Bertz CT molecular complexity index is 1400. The number of likely N-dealkylation sites (tertiary alicyclic amines) is 2. The number of ether oxygens (including phenoxy) is 1. The molecular formula is C35H43BN2O6. The number of methoxy groups -OCH3 is 1. The normalized spacial score (nSPS) is 26.8. The molecule has 2 aromatic carbocycles. The number of carbonyl (C=O) groups is 2. The molecule has 0 unspecified atom stereocenters. The van der Waals surface area contributed by atoms with E-state index in [1.165, 1.54) is 5.56 Å². The number of amides is 2. The summed E-state index contributed by atoms with van der Waals surface area (Å²) in [6, 6.07) is 17.4. The van der Waals surface area contributed by atoms with Crippen molar-refractivity contribution in [2.24, 2.45) is 17.8 Å². The summed E-state index contributed by atoms with van der Waals surface area (Å²) in [4.78, 5) is 32.1. The lowest BCUT2D eigenvalue weighted by Gasteiger charge is -2.43. The summed E-state index contributed by atoms with van der Waals surface area (Å²) < 4.78 is 11.7. The van der Waals surface area contributed by atoms with E-state index in [0.29, 0.717) is 25.8 Å². The molecule has 232 valence electrons. The van der Waals surface area contributed by atoms with Crippen LogP contribution in [-0.2, 0) is 25.5 Å². The van der Waals surface area contributed by atoms with Gasteiger partial charge in [0.2, 0.25) is 11.8 Å². The molecule has 3 heterocycles. The Morgan fingerprint density at radius 1 is 1.05 bits per heavy atom. The molecule has 2 aromatic rings. The summed E-state index contributed by atoms with van der Waals surface area (Å²) in [5, 5.41) is 20.5. The minimum absolute atomic E-state index is 0.0561. The number of nitrogens with zero attached hydrogens (tertiary/aromatic N) is 2. The van der Waals surface area contributed by atoms with Gasteiger partial charge in [-0.15, -0.1) is 0 Å². The van der Waals surface area contributed by atoms with E-state index in [0.717, 1.165) is 61.2 Å². The summed E-state index contributed by atoms with van der Waals surface area (Å²) in [6.45, 7) is 5.01. The molecule has 1 aliphatic carbocycles. The molecule has 3 aliphatic heterocycles. The van der Waals surface area contributed by atoms with Crippen LogP contribution in [0.15, 0.2) is 71.3 Å². The van der Waals surface area contributed by atoms with E-state index in [9.17, 15) is 19.7 Å². The van der Waals surface area contributed by atoms with Crippen molar-refractivity contribution in [3.8, 4) is 5.75 Å². The highest BCUT2D eigenvalue weighted by molar-refractivity contribution is 6.43. The molecule has 0 radical (unpaired) electrons. The van der Waals surface area contributed by atoms with Crippen LogP contribution in [0.1, 0.15) is 50.2 Å². The number of aromatic hydroxyl groups is 1. The summed E-state index contributed by atoms with van der Waals surface area (Å²) in [7, 11) is 0.667. The molecule has 3 fully saturated rings. The lowest BCUT2D eigenvalue weighted by atomic mass is 9.58. The average molecular weight is 599 g/mol. The van der Waals surface area contributed by atoms with Crippen molar-refractivity contribution in [3.05, 3.63) is 82.4 Å². The second-order valence-corrected chi connectivity index (χ2v) is 12.9. The Hall–Kier alpha value is -3.24. The highest BCUT2D eigenvalue weighted by Gasteiger charge is 2.58. The maximum atomic E-state index is 14.1. The van der Waals surface area contributed by atoms with Crippen molar-refractivity contribution in [2.45, 2.75) is 64.0 Å². The first-order valence-corrected chi connectivity index (χ1v) is 16.0. The molecule has 0 bridgehead atoms. The van der Waals surface area contributed by atoms with Gasteiger partial charge in [-0.1, -0.05) is 54.1 Å². The Kier molecular flexibility index (Phi) is 9.38. The van der Waals surface area contributed by atoms with Crippen molar-refractivity contribution in [3.63, 3.8) is 0 Å². The lowest BCUT2D eigenvalue weighted by molar-refractivity contribution is -0.144. The fourth-order valence-electron chi connectivity index (χ4n) is 7.92. The van der Waals surface area contributed by atoms with Crippen LogP contribution in [0.25, 0.3) is 6.08 Å². The average Bonchev–Trinajstić information content (AvgIpc) is 3.27. The SMILES string of the molecule is COCC1=C2[C@@H](CC/C(C)=C/c3ccc(O)cc3)OB(O)C[C@@H]2[C@@H]2C(=O)N(C3CCN(Cc4ccccc4)CC3)C(=O)[C@@H]2C1. The van der Waals surface area contributed by atoms with E-state index in [4.69, 9.17) is 9.39 Å². The van der Waals surface area contributed by atoms with E-state index >= 15 is 0 Å². The monoisotopic (exact) mass is 598 g/mol. The van der Waals surface area contributed by atoms with Crippen molar-refractivity contribution >= 4 is 25.0 Å². The number of rotatable bonds is 9. The van der Waals surface area contributed by atoms with E-state index in [2.05, 4.69) is 42.2 Å². The van der Waals surface area contributed by atoms with Gasteiger partial charge < -0.3 is 19.5 Å². The number of benzene rings is 2. The van der Waals surface area contributed by atoms with Gasteiger partial charge in [0.1, 0.15) is 5.75 Å². The number of piperidine rings is 1. The fourth-order valence-corrected chi connectivity index (χ4v) is 7.92. The van der Waals surface area contributed by atoms with E-state index in [1.54, 1.807) is 24.1 Å². The second kappa shape index (κ2) is 13.4. The Morgan fingerprint density at radius 2 is 1.77 bits per heavy atom. The zero-order valence-corrected chi connectivity index (χ0v) is 25.7. The standard InChI is InChI=1S/C35H43BN2O6/c1-23(18-24-9-11-28(39)12-10-24)8-13-31-32-26(22-43-2)19-29-33(30(32)20-36(42)44-31)35(41)38(34(29)40)27-14-16-37(17-15-27)21-25-6-4-3-5-7-25/h3-7,9-12,18,27,29-31,33,39,42H,8,13-17,19-22H2,1-2H3/b23-18+/t29-,30+,31-,33-/m1/s1. The molecule has 9 heteroatoms. The highest BCUT2D eigenvalue weighted by Crippen LogP contribution is 2.51. The third kappa shape index (κ3) is 6.42. The Balaban J connectivity index is 1.17. The van der Waals surface area contributed by atoms with Crippen molar-refractivity contribution in [2.75, 3.05) is 26.8 Å². The van der Waals surface area contributed by atoms with Crippen LogP contribution in [0.5, 0.6) is 5.75 Å². The largest absolute Gasteiger partial charge is 0.508 e. The third-order valence-electron chi connectivity index (χ3n) is 9.94. The quantitative estimate of drug-likeness (QED) is 0.246. The lowest BCUT2D eigenvalue weighted by Crippen LogP contribution is -2.48. The summed E-state index contributed by atoms with van der Waals surface area (Å²) in [6.07, 6.45) is 5.49. The summed E-state index contributed by atoms with van der Waals surface area (Å²) in [5.74, 6) is -1.01. The maximum Gasteiger partial charge on any atom is 0.455 e. The first-order chi connectivity index (χ1) is 21.3. The zero-order chi connectivity index (χ0) is 30.8. The number of phenolic OH excluding ortho intramolecular Hbond substituents is 1. The first-order valence-electron chi connectivity index (χ1n) is 16.0. The van der Waals surface area contributed by atoms with Crippen molar-refractivity contribution in [1.29, 1.82) is 0 Å². The molecule has 44 heavy (non-hydrogen) atoms. The first kappa shape index (κ1) is 30.8. The van der Waals surface area contributed by atoms with Gasteiger partial charge in [0, 0.05) is 32.8 Å². The number of hydrogen-bond acceptors (Lipinski definition) is 7. The predicted molar refractivity (Wildman–Crippen MR) is 169 cm³/mol. The van der Waals surface area contributed by atoms with Gasteiger partial charge in [0.05, 0.1) is 24.5 Å². The number of carbonyl (C=O) groups excluding carboxylic acids is 2. The van der Waals surface area contributed by atoms with E-state index in [1.807, 2.05) is 18.2 Å². The molecule has 3 saturated heterocycles. The van der Waals surface area contributed by atoms with Crippen LogP contribution in [0, 0.1) is 17.8 Å². The van der Waals surface area contributed by atoms with Crippen molar-refractivity contribution in [1.82, 2.24) is 9.80 Å². The molecule has 2 N–H and O–H groups in total. The topological polar surface area (TPSA) is 99.5 Å². The Labute approximate surface area is 260 Å². The van der Waals surface area contributed by atoms with Gasteiger partial charge in [-0.25, -0.2) is 0 Å². The van der Waals surface area contributed by atoms with Crippen LogP contribution in [-0.4, -0.2) is 77.8 Å². The van der Waals surface area contributed by atoms with Crippen LogP contribution < -0.4 is 0 Å². The molecule has 0 spiro atoms. The highest BCUT2D eigenvalue weighted by atomic mass is 16.5. The molecule has 0 aromatic heterocycles. The third-order valence-corrected chi connectivity index (χ3v) is 9.94. The summed E-state index contributed by atoms with van der Waals surface area (Å²) in [5.41, 5.74) is 5.51. The number of imide groups is 1. The van der Waals surface area contributed by atoms with Crippen molar-refractivity contribution < 1.29 is 29.1 Å². The van der Waals surface area contributed by atoms with Crippen LogP contribution in [0.3, 0.4) is 0 Å². The number of allylic oxidation sites excluding steroid dienone is 1. The van der Waals surface area contributed by atoms with E-state index < -0.39 is 19.0 Å². The summed E-state index contributed by atoms with van der Waals surface area (Å²) >= 11 is 0. The van der Waals surface area contributed by atoms with Crippen LogP contribution in [0.2, 0.25) is 6.32 Å². The van der Waals surface area contributed by atoms with E-state index in [-0.39, 0.29) is 35.6 Å². The molecular weight excluding hydrogens is 555 g/mol. The van der Waals surface area contributed by atoms with Gasteiger partial charge in [-0.3, -0.25) is 19.4 Å². The van der Waals surface area contributed by atoms with Crippen LogP contribution >= 0.6 is 0 Å². The second-order valence-electron chi connectivity index (χ2n) is 12.9. The molecule has 4 atom stereocenters. The predicted octanol–water partition coefficient (Wildman–Crippen LogP) is 4.68. The number of hydrogen-bond donors (Lipinski definition) is 2. The molecule has 2 amide bonds. The molecule has 0 saturated carbocycles. The Morgan fingerprint density at radius 3 is 2.48 bits per heavy atom. The van der Waals surface area contributed by atoms with Gasteiger partial charge in [-0.2, -0.15) is 0 Å². The van der Waals surface area contributed by atoms with Gasteiger partial charge in [-0.05, 0) is 85.7 Å².